The fourth-order valence-electron chi connectivity index (χ4n) is 5.06. The lowest BCUT2D eigenvalue weighted by atomic mass is 9.66. The Labute approximate surface area is 142 Å². The largest absolute Gasteiger partial charge is 0.385 e. The third-order valence-electron chi connectivity index (χ3n) is 6.50. The lowest BCUT2D eigenvalue weighted by molar-refractivity contribution is 0.120. The number of ether oxygens (including phenoxy) is 1. The second kappa shape index (κ2) is 5.35. The standard InChI is InChI=1S/C20H23FN2O/c1-19(2)15-8-9-20(19,10-11-24-3)18-14(15)12-17(22-23-18)13-6-4-5-7-16(13)21/h4-7,12,15H,8-11H2,1-3H3/t15-,20?/m1/s1. The van der Waals surface area contributed by atoms with Crippen LogP contribution in [0.4, 0.5) is 4.39 Å². The van der Waals surface area contributed by atoms with Crippen LogP contribution in [0.1, 0.15) is 50.3 Å². The second-order valence-electron chi connectivity index (χ2n) is 7.65. The summed E-state index contributed by atoms with van der Waals surface area (Å²) in [5.74, 6) is 0.216. The molecule has 4 rings (SSSR count). The lowest BCUT2D eigenvalue weighted by Crippen LogP contribution is -2.36. The minimum absolute atomic E-state index is 0.0315. The minimum atomic E-state index is -0.247. The first-order chi connectivity index (χ1) is 11.5. The van der Waals surface area contributed by atoms with Gasteiger partial charge < -0.3 is 4.74 Å². The Bertz CT molecular complexity index is 789. The summed E-state index contributed by atoms with van der Waals surface area (Å²) in [5, 5.41) is 9.00. The normalized spacial score (nSPS) is 26.6. The van der Waals surface area contributed by atoms with Crippen LogP contribution in [0.2, 0.25) is 0 Å². The molecule has 0 N–H and O–H groups in total. The Kier molecular flexibility index (Phi) is 3.50. The van der Waals surface area contributed by atoms with Crippen LogP contribution in [-0.4, -0.2) is 23.9 Å². The molecule has 1 aromatic heterocycles. The molecule has 2 bridgehead atoms. The number of rotatable bonds is 4. The third-order valence-corrected chi connectivity index (χ3v) is 6.50. The summed E-state index contributed by atoms with van der Waals surface area (Å²) in [6.07, 6.45) is 3.26. The summed E-state index contributed by atoms with van der Waals surface area (Å²) in [7, 11) is 1.75. The van der Waals surface area contributed by atoms with Crippen molar-refractivity contribution in [2.75, 3.05) is 13.7 Å². The predicted octanol–water partition coefficient (Wildman–Crippen LogP) is 4.47. The highest BCUT2D eigenvalue weighted by atomic mass is 19.1. The van der Waals surface area contributed by atoms with E-state index < -0.39 is 0 Å². The van der Waals surface area contributed by atoms with Gasteiger partial charge in [0.15, 0.2) is 0 Å². The van der Waals surface area contributed by atoms with E-state index in [0.29, 0.717) is 17.2 Å². The zero-order valence-corrected chi connectivity index (χ0v) is 14.5. The molecule has 4 heteroatoms. The van der Waals surface area contributed by atoms with Crippen molar-refractivity contribution in [1.29, 1.82) is 0 Å². The van der Waals surface area contributed by atoms with Gasteiger partial charge in [-0.2, -0.15) is 10.2 Å². The fraction of sp³-hybridized carbons (Fsp3) is 0.500. The van der Waals surface area contributed by atoms with Gasteiger partial charge in [0.25, 0.3) is 0 Å². The number of aromatic nitrogens is 2. The van der Waals surface area contributed by atoms with Gasteiger partial charge in [-0.3, -0.25) is 0 Å². The number of fused-ring (bicyclic) bond motifs is 5. The molecule has 0 saturated heterocycles. The van der Waals surface area contributed by atoms with Gasteiger partial charge in [-0.25, -0.2) is 4.39 Å². The summed E-state index contributed by atoms with van der Waals surface area (Å²) < 4.78 is 19.5. The van der Waals surface area contributed by atoms with Crippen molar-refractivity contribution >= 4 is 0 Å². The SMILES string of the molecule is COCCC12CC[C@H](c3cc(-c4ccccc4F)nnc31)C2(C)C. The van der Waals surface area contributed by atoms with E-state index in [-0.39, 0.29) is 16.6 Å². The van der Waals surface area contributed by atoms with Crippen LogP contribution < -0.4 is 0 Å². The summed E-state index contributed by atoms with van der Waals surface area (Å²) in [6.45, 7) is 5.40. The Morgan fingerprint density at radius 3 is 2.79 bits per heavy atom. The van der Waals surface area contributed by atoms with E-state index in [4.69, 9.17) is 4.74 Å². The van der Waals surface area contributed by atoms with Crippen molar-refractivity contribution < 1.29 is 9.13 Å². The maximum Gasteiger partial charge on any atom is 0.132 e. The third kappa shape index (κ3) is 1.92. The molecule has 0 amide bonds. The monoisotopic (exact) mass is 326 g/mol. The molecule has 0 spiro atoms. The van der Waals surface area contributed by atoms with Crippen LogP contribution in [-0.2, 0) is 10.2 Å². The van der Waals surface area contributed by atoms with Crippen LogP contribution in [0.3, 0.4) is 0 Å². The van der Waals surface area contributed by atoms with Gasteiger partial charge in [0.2, 0.25) is 0 Å². The number of benzene rings is 1. The summed E-state index contributed by atoms with van der Waals surface area (Å²) in [5.41, 5.74) is 3.70. The number of nitrogens with zero attached hydrogens (tertiary/aromatic N) is 2. The average molecular weight is 326 g/mol. The maximum atomic E-state index is 14.1. The van der Waals surface area contributed by atoms with Gasteiger partial charge in [0, 0.05) is 24.7 Å². The quantitative estimate of drug-likeness (QED) is 0.831. The van der Waals surface area contributed by atoms with Gasteiger partial charge in [0.05, 0.1) is 11.4 Å². The van der Waals surface area contributed by atoms with Crippen LogP contribution in [0.25, 0.3) is 11.3 Å². The first-order valence-corrected chi connectivity index (χ1v) is 8.63. The first-order valence-electron chi connectivity index (χ1n) is 8.63. The summed E-state index contributed by atoms with van der Waals surface area (Å²) in [4.78, 5) is 0. The van der Waals surface area contributed by atoms with Crippen molar-refractivity contribution in [2.24, 2.45) is 5.41 Å². The molecular weight excluding hydrogens is 303 g/mol. The molecule has 1 fully saturated rings. The molecule has 1 aromatic carbocycles. The predicted molar refractivity (Wildman–Crippen MR) is 91.4 cm³/mol. The maximum absolute atomic E-state index is 14.1. The Morgan fingerprint density at radius 2 is 2.04 bits per heavy atom. The topological polar surface area (TPSA) is 35.0 Å². The highest BCUT2D eigenvalue weighted by Crippen LogP contribution is 2.68. The Balaban J connectivity index is 1.83. The van der Waals surface area contributed by atoms with Crippen LogP contribution in [0.15, 0.2) is 30.3 Å². The number of halogens is 1. The zero-order chi connectivity index (χ0) is 16.9. The molecule has 2 aliphatic rings. The highest BCUT2D eigenvalue weighted by molar-refractivity contribution is 5.62. The van der Waals surface area contributed by atoms with Gasteiger partial charge in [-0.15, -0.1) is 0 Å². The number of methoxy groups -OCH3 is 1. The molecule has 0 radical (unpaired) electrons. The molecule has 2 atom stereocenters. The van der Waals surface area contributed by atoms with Crippen molar-refractivity contribution in [1.82, 2.24) is 10.2 Å². The lowest BCUT2D eigenvalue weighted by Gasteiger charge is -2.37. The molecule has 2 aromatic rings. The fourth-order valence-corrected chi connectivity index (χ4v) is 5.06. The van der Waals surface area contributed by atoms with E-state index in [9.17, 15) is 4.39 Å². The van der Waals surface area contributed by atoms with E-state index in [1.807, 2.05) is 6.07 Å². The van der Waals surface area contributed by atoms with E-state index in [1.54, 1.807) is 19.2 Å². The number of hydrogen-bond acceptors (Lipinski definition) is 3. The average Bonchev–Trinajstić information content (AvgIpc) is 2.94. The molecule has 0 aliphatic heterocycles. The Hall–Kier alpha value is -1.81. The van der Waals surface area contributed by atoms with Crippen LogP contribution in [0, 0.1) is 11.2 Å². The summed E-state index contributed by atoms with van der Waals surface area (Å²) in [6, 6.07) is 8.85. The molecule has 24 heavy (non-hydrogen) atoms. The van der Waals surface area contributed by atoms with E-state index in [2.05, 4.69) is 30.1 Å². The van der Waals surface area contributed by atoms with E-state index >= 15 is 0 Å². The van der Waals surface area contributed by atoms with E-state index in [1.165, 1.54) is 11.6 Å². The summed E-state index contributed by atoms with van der Waals surface area (Å²) >= 11 is 0. The van der Waals surface area contributed by atoms with Gasteiger partial charge >= 0.3 is 0 Å². The van der Waals surface area contributed by atoms with Crippen molar-refractivity contribution in [2.45, 2.75) is 44.4 Å². The number of hydrogen-bond donors (Lipinski definition) is 0. The molecule has 1 saturated carbocycles. The Morgan fingerprint density at radius 1 is 1.25 bits per heavy atom. The highest BCUT2D eigenvalue weighted by Gasteiger charge is 2.62. The molecular formula is C20H23FN2O. The van der Waals surface area contributed by atoms with Crippen LogP contribution >= 0.6 is 0 Å². The van der Waals surface area contributed by atoms with E-state index in [0.717, 1.165) is 31.6 Å². The van der Waals surface area contributed by atoms with Gasteiger partial charge in [-0.05, 0) is 54.4 Å². The van der Waals surface area contributed by atoms with Crippen molar-refractivity contribution in [3.63, 3.8) is 0 Å². The minimum Gasteiger partial charge on any atom is -0.385 e. The van der Waals surface area contributed by atoms with Gasteiger partial charge in [-0.1, -0.05) is 26.0 Å². The second-order valence-corrected chi connectivity index (χ2v) is 7.65. The molecule has 126 valence electrons. The van der Waals surface area contributed by atoms with Crippen molar-refractivity contribution in [3.05, 3.63) is 47.4 Å². The van der Waals surface area contributed by atoms with Crippen LogP contribution in [0.5, 0.6) is 0 Å². The first kappa shape index (κ1) is 15.7. The zero-order valence-electron chi connectivity index (χ0n) is 14.5. The molecule has 1 heterocycles. The van der Waals surface area contributed by atoms with Gasteiger partial charge in [0.1, 0.15) is 5.82 Å². The molecule has 2 aliphatic carbocycles. The molecule has 3 nitrogen and oxygen atoms in total. The smallest absolute Gasteiger partial charge is 0.132 e. The van der Waals surface area contributed by atoms with Crippen molar-refractivity contribution in [3.8, 4) is 11.3 Å². The molecule has 1 unspecified atom stereocenters.